The molecule has 0 saturated heterocycles. The van der Waals surface area contributed by atoms with Crippen LogP contribution in [0.1, 0.15) is 22.3 Å². The van der Waals surface area contributed by atoms with Gasteiger partial charge < -0.3 is 15.4 Å². The molecule has 0 radical (unpaired) electrons. The Labute approximate surface area is 165 Å². The number of nitrogens with zero attached hydrogens (tertiary/aromatic N) is 2. The molecule has 0 atom stereocenters. The number of amides is 1. The van der Waals surface area contributed by atoms with Gasteiger partial charge in [-0.15, -0.1) is 0 Å². The van der Waals surface area contributed by atoms with E-state index in [0.717, 1.165) is 23.4 Å². The minimum atomic E-state index is -0.0913. The van der Waals surface area contributed by atoms with E-state index in [0.29, 0.717) is 24.5 Å². The molecule has 0 fully saturated rings. The SMILES string of the molecule is COCCCNC(=O)c1ccc(Nc2cc(-c3cccc(C)c3)ncn2)cc1. The lowest BCUT2D eigenvalue weighted by molar-refractivity contribution is 0.0948. The minimum absolute atomic E-state index is 0.0913. The van der Waals surface area contributed by atoms with Crippen molar-refractivity contribution in [2.45, 2.75) is 13.3 Å². The van der Waals surface area contributed by atoms with E-state index in [1.165, 1.54) is 5.56 Å². The van der Waals surface area contributed by atoms with Crippen LogP contribution in [0.5, 0.6) is 0 Å². The zero-order valence-corrected chi connectivity index (χ0v) is 16.1. The summed E-state index contributed by atoms with van der Waals surface area (Å²) in [4.78, 5) is 20.8. The van der Waals surface area contributed by atoms with Gasteiger partial charge in [-0.1, -0.05) is 23.8 Å². The number of benzene rings is 2. The molecule has 2 aromatic carbocycles. The van der Waals surface area contributed by atoms with E-state index in [-0.39, 0.29) is 5.91 Å². The van der Waals surface area contributed by atoms with E-state index in [9.17, 15) is 4.79 Å². The minimum Gasteiger partial charge on any atom is -0.385 e. The Kier molecular flexibility index (Phi) is 6.70. The largest absolute Gasteiger partial charge is 0.385 e. The molecule has 0 aliphatic rings. The van der Waals surface area contributed by atoms with Gasteiger partial charge in [0.2, 0.25) is 0 Å². The molecule has 28 heavy (non-hydrogen) atoms. The van der Waals surface area contributed by atoms with E-state index in [4.69, 9.17) is 4.74 Å². The monoisotopic (exact) mass is 376 g/mol. The van der Waals surface area contributed by atoms with Gasteiger partial charge in [-0.05, 0) is 43.7 Å². The van der Waals surface area contributed by atoms with Crippen molar-refractivity contribution in [2.75, 3.05) is 25.6 Å². The quantitative estimate of drug-likeness (QED) is 0.582. The van der Waals surface area contributed by atoms with Crippen molar-refractivity contribution in [3.8, 4) is 11.3 Å². The Morgan fingerprint density at radius 2 is 1.89 bits per heavy atom. The van der Waals surface area contributed by atoms with Gasteiger partial charge in [0.15, 0.2) is 0 Å². The van der Waals surface area contributed by atoms with Crippen LogP contribution >= 0.6 is 0 Å². The normalized spacial score (nSPS) is 10.5. The molecule has 6 nitrogen and oxygen atoms in total. The third kappa shape index (κ3) is 5.37. The van der Waals surface area contributed by atoms with Crippen LogP contribution in [0, 0.1) is 6.92 Å². The van der Waals surface area contributed by atoms with Crippen molar-refractivity contribution in [3.63, 3.8) is 0 Å². The number of carbonyl (C=O) groups excluding carboxylic acids is 1. The van der Waals surface area contributed by atoms with Crippen molar-refractivity contribution in [1.82, 2.24) is 15.3 Å². The fraction of sp³-hybridized carbons (Fsp3) is 0.227. The number of hydrogen-bond donors (Lipinski definition) is 2. The Bertz CT molecular complexity index is 926. The van der Waals surface area contributed by atoms with Crippen LogP contribution in [0.25, 0.3) is 11.3 Å². The Morgan fingerprint density at radius 3 is 2.64 bits per heavy atom. The molecule has 0 unspecified atom stereocenters. The van der Waals surface area contributed by atoms with E-state index in [1.54, 1.807) is 25.6 Å². The Hall–Kier alpha value is -3.25. The first-order valence-electron chi connectivity index (χ1n) is 9.19. The summed E-state index contributed by atoms with van der Waals surface area (Å²) < 4.78 is 4.97. The number of rotatable bonds is 8. The zero-order valence-electron chi connectivity index (χ0n) is 16.1. The fourth-order valence-corrected chi connectivity index (χ4v) is 2.76. The van der Waals surface area contributed by atoms with Crippen molar-refractivity contribution >= 4 is 17.4 Å². The maximum absolute atomic E-state index is 12.1. The van der Waals surface area contributed by atoms with Gasteiger partial charge in [-0.3, -0.25) is 4.79 Å². The van der Waals surface area contributed by atoms with E-state index >= 15 is 0 Å². The Morgan fingerprint density at radius 1 is 1.07 bits per heavy atom. The maximum Gasteiger partial charge on any atom is 0.251 e. The summed E-state index contributed by atoms with van der Waals surface area (Å²) >= 11 is 0. The highest BCUT2D eigenvalue weighted by Gasteiger charge is 2.06. The molecule has 2 N–H and O–H groups in total. The predicted octanol–water partition coefficient (Wildman–Crippen LogP) is 3.96. The van der Waals surface area contributed by atoms with E-state index in [1.807, 2.05) is 30.3 Å². The first-order valence-corrected chi connectivity index (χ1v) is 9.19. The summed E-state index contributed by atoms with van der Waals surface area (Å²) in [6, 6.07) is 17.4. The summed E-state index contributed by atoms with van der Waals surface area (Å²) in [5.41, 5.74) is 4.55. The maximum atomic E-state index is 12.1. The van der Waals surface area contributed by atoms with Gasteiger partial charge in [0.1, 0.15) is 12.1 Å². The predicted molar refractivity (Wildman–Crippen MR) is 111 cm³/mol. The lowest BCUT2D eigenvalue weighted by Gasteiger charge is -2.09. The first kappa shape index (κ1) is 19.5. The third-order valence-corrected chi connectivity index (χ3v) is 4.21. The number of aryl methyl sites for hydroxylation is 1. The molecule has 1 aromatic heterocycles. The summed E-state index contributed by atoms with van der Waals surface area (Å²) in [5, 5.41) is 6.13. The number of carbonyl (C=O) groups is 1. The lowest BCUT2D eigenvalue weighted by Crippen LogP contribution is -2.25. The molecular formula is C22H24N4O2. The van der Waals surface area contributed by atoms with Crippen molar-refractivity contribution in [2.24, 2.45) is 0 Å². The number of anilines is 2. The van der Waals surface area contributed by atoms with Crippen molar-refractivity contribution < 1.29 is 9.53 Å². The van der Waals surface area contributed by atoms with Crippen LogP contribution in [0.3, 0.4) is 0 Å². The van der Waals surface area contributed by atoms with Crippen molar-refractivity contribution in [1.29, 1.82) is 0 Å². The number of hydrogen-bond acceptors (Lipinski definition) is 5. The number of ether oxygens (including phenoxy) is 1. The van der Waals surface area contributed by atoms with Gasteiger partial charge >= 0.3 is 0 Å². The van der Waals surface area contributed by atoms with Gasteiger partial charge in [0.05, 0.1) is 5.69 Å². The van der Waals surface area contributed by atoms with Crippen LogP contribution in [-0.2, 0) is 4.74 Å². The summed E-state index contributed by atoms with van der Waals surface area (Å²) in [6.45, 7) is 3.28. The Balaban J connectivity index is 1.64. The second-order valence-corrected chi connectivity index (χ2v) is 6.46. The molecule has 0 bridgehead atoms. The topological polar surface area (TPSA) is 76.1 Å². The molecule has 1 heterocycles. The first-order chi connectivity index (χ1) is 13.7. The molecule has 0 aliphatic carbocycles. The average Bonchev–Trinajstić information content (AvgIpc) is 2.72. The molecule has 0 saturated carbocycles. The summed E-state index contributed by atoms with van der Waals surface area (Å²) in [6.07, 6.45) is 2.33. The molecule has 0 aliphatic heterocycles. The molecule has 1 amide bonds. The molecule has 3 aromatic rings. The molecule has 6 heteroatoms. The average molecular weight is 376 g/mol. The van der Waals surface area contributed by atoms with Gasteiger partial charge in [0.25, 0.3) is 5.91 Å². The van der Waals surface area contributed by atoms with Crippen LogP contribution in [-0.4, -0.2) is 36.1 Å². The van der Waals surface area contributed by atoms with E-state index < -0.39 is 0 Å². The summed E-state index contributed by atoms with van der Waals surface area (Å²) in [5.74, 6) is 0.606. The standard InChI is InChI=1S/C22H24N4O2/c1-16-5-3-6-18(13-16)20-14-21(25-15-24-20)26-19-9-7-17(8-10-19)22(27)23-11-4-12-28-2/h3,5-10,13-15H,4,11-12H2,1-2H3,(H,23,27)(H,24,25,26). The lowest BCUT2D eigenvalue weighted by atomic mass is 10.1. The zero-order chi connectivity index (χ0) is 19.8. The van der Waals surface area contributed by atoms with Crippen molar-refractivity contribution in [3.05, 3.63) is 72.1 Å². The van der Waals surface area contributed by atoms with Crippen LogP contribution in [0.15, 0.2) is 60.9 Å². The third-order valence-electron chi connectivity index (χ3n) is 4.21. The number of aromatic nitrogens is 2. The smallest absolute Gasteiger partial charge is 0.251 e. The second-order valence-electron chi connectivity index (χ2n) is 6.46. The number of methoxy groups -OCH3 is 1. The fourth-order valence-electron chi connectivity index (χ4n) is 2.76. The van der Waals surface area contributed by atoms with E-state index in [2.05, 4.69) is 39.7 Å². The molecule has 144 valence electrons. The van der Waals surface area contributed by atoms with Crippen LogP contribution in [0.4, 0.5) is 11.5 Å². The van der Waals surface area contributed by atoms with Crippen LogP contribution in [0.2, 0.25) is 0 Å². The number of nitrogens with one attached hydrogen (secondary N) is 2. The van der Waals surface area contributed by atoms with Gasteiger partial charge in [-0.25, -0.2) is 9.97 Å². The van der Waals surface area contributed by atoms with Gasteiger partial charge in [-0.2, -0.15) is 0 Å². The van der Waals surface area contributed by atoms with Crippen LogP contribution < -0.4 is 10.6 Å². The summed E-state index contributed by atoms with van der Waals surface area (Å²) in [7, 11) is 1.65. The molecule has 0 spiro atoms. The highest BCUT2D eigenvalue weighted by atomic mass is 16.5. The molecular weight excluding hydrogens is 352 g/mol. The van der Waals surface area contributed by atoms with Gasteiger partial charge in [0, 0.05) is 43.1 Å². The highest BCUT2D eigenvalue weighted by molar-refractivity contribution is 5.94. The second kappa shape index (κ2) is 9.62. The highest BCUT2D eigenvalue weighted by Crippen LogP contribution is 2.22. The molecule has 3 rings (SSSR count).